The zero-order chi connectivity index (χ0) is 15.7. The molecule has 22 heavy (non-hydrogen) atoms. The van der Waals surface area contributed by atoms with Gasteiger partial charge in [-0.05, 0) is 36.2 Å². The molecule has 1 heterocycles. The number of rotatable bonds is 3. The third-order valence-electron chi connectivity index (χ3n) is 4.02. The van der Waals surface area contributed by atoms with Crippen LogP contribution in [-0.2, 0) is 10.3 Å². The third kappa shape index (κ3) is 2.25. The van der Waals surface area contributed by atoms with Crippen LogP contribution in [0.4, 0.5) is 0 Å². The number of halogens is 2. The normalized spacial score (nSPS) is 21.5. The Morgan fingerprint density at radius 1 is 1.09 bits per heavy atom. The molecule has 0 saturated heterocycles. The van der Waals surface area contributed by atoms with Gasteiger partial charge in [0.25, 0.3) is 0 Å². The third-order valence-corrected chi connectivity index (χ3v) is 4.50. The average molecular weight is 336 g/mol. The van der Waals surface area contributed by atoms with E-state index in [-0.39, 0.29) is 0 Å². The summed E-state index contributed by atoms with van der Waals surface area (Å²) >= 11 is 12.1. The van der Waals surface area contributed by atoms with Crippen LogP contribution in [0, 0.1) is 0 Å². The maximum Gasteiger partial charge on any atom is 0.246 e. The van der Waals surface area contributed by atoms with Crippen molar-refractivity contribution in [1.29, 1.82) is 0 Å². The second-order valence-corrected chi connectivity index (χ2v) is 5.96. The molecule has 0 saturated carbocycles. The Labute approximate surface area is 139 Å². The maximum atomic E-state index is 6.08. The summed E-state index contributed by atoms with van der Waals surface area (Å²) in [5.74, 6) is 1.22. The highest BCUT2D eigenvalue weighted by Crippen LogP contribution is 2.48. The first kappa shape index (κ1) is 15.2. The molecule has 0 bridgehead atoms. The van der Waals surface area contributed by atoms with Crippen molar-refractivity contribution >= 4 is 29.1 Å². The van der Waals surface area contributed by atoms with Crippen molar-refractivity contribution in [3.63, 3.8) is 0 Å². The first-order valence-electron chi connectivity index (χ1n) is 6.97. The smallest absolute Gasteiger partial charge is 0.246 e. The van der Waals surface area contributed by atoms with E-state index in [2.05, 4.69) is 12.1 Å². The molecule has 0 aliphatic carbocycles. The van der Waals surface area contributed by atoms with Crippen molar-refractivity contribution < 1.29 is 9.57 Å². The van der Waals surface area contributed by atoms with Crippen molar-refractivity contribution in [1.82, 2.24) is 0 Å². The molecule has 0 radical (unpaired) electrons. The Morgan fingerprint density at radius 2 is 1.77 bits per heavy atom. The Kier molecular flexibility index (Phi) is 4.02. The highest BCUT2D eigenvalue weighted by molar-refractivity contribution is 6.31. The fraction of sp³-hybridized carbons (Fsp3) is 0.235. The maximum absolute atomic E-state index is 6.08. The lowest BCUT2D eigenvalue weighted by atomic mass is 9.73. The fourth-order valence-corrected chi connectivity index (χ4v) is 3.27. The van der Waals surface area contributed by atoms with Gasteiger partial charge in [-0.15, -0.1) is 0 Å². The minimum atomic E-state index is -0.499. The summed E-state index contributed by atoms with van der Waals surface area (Å²) < 4.78 is 5.93. The molecule has 0 N–H and O–H groups in total. The molecule has 0 spiro atoms. The minimum absolute atomic E-state index is 0.499. The lowest BCUT2D eigenvalue weighted by molar-refractivity contribution is 0.202. The predicted molar refractivity (Wildman–Crippen MR) is 89.0 cm³/mol. The summed E-state index contributed by atoms with van der Waals surface area (Å²) in [6.07, 6.45) is 0.769. The highest BCUT2D eigenvalue weighted by atomic mass is 35.5. The summed E-state index contributed by atoms with van der Waals surface area (Å²) in [4.78, 5) is 4.99. The summed E-state index contributed by atoms with van der Waals surface area (Å²) in [7, 11) is 1.51. The fourth-order valence-electron chi connectivity index (χ4n) is 2.98. The number of benzene rings is 2. The Bertz CT molecular complexity index is 728. The minimum Gasteiger partial charge on any atom is -0.438 e. The highest BCUT2D eigenvalue weighted by Gasteiger charge is 2.48. The first-order valence-corrected chi connectivity index (χ1v) is 7.73. The Balaban J connectivity index is 2.26. The average Bonchev–Trinajstić information content (AvgIpc) is 2.82. The van der Waals surface area contributed by atoms with Crippen molar-refractivity contribution in [2.24, 2.45) is 5.16 Å². The molecule has 0 aromatic heterocycles. The van der Waals surface area contributed by atoms with Gasteiger partial charge in [0.05, 0.1) is 0 Å². The van der Waals surface area contributed by atoms with E-state index < -0.39 is 5.41 Å². The summed E-state index contributed by atoms with van der Waals surface area (Å²) in [5.41, 5.74) is 1.58. The molecule has 1 aliphatic rings. The van der Waals surface area contributed by atoms with Gasteiger partial charge in [0.15, 0.2) is 0 Å². The van der Waals surface area contributed by atoms with Crippen LogP contribution in [0.25, 0.3) is 0 Å². The molecule has 2 aromatic rings. The van der Waals surface area contributed by atoms with Gasteiger partial charge in [-0.25, -0.2) is 0 Å². The van der Waals surface area contributed by atoms with Crippen LogP contribution in [0.3, 0.4) is 0 Å². The van der Waals surface area contributed by atoms with Crippen LogP contribution in [-0.4, -0.2) is 13.0 Å². The van der Waals surface area contributed by atoms with Crippen LogP contribution < -0.4 is 4.74 Å². The molecule has 114 valence electrons. The van der Waals surface area contributed by atoms with Gasteiger partial charge in [0, 0.05) is 15.6 Å². The zero-order valence-corrected chi connectivity index (χ0v) is 13.8. The molecule has 5 heteroatoms. The second-order valence-electron chi connectivity index (χ2n) is 5.09. The van der Waals surface area contributed by atoms with E-state index >= 15 is 0 Å². The van der Waals surface area contributed by atoms with E-state index in [9.17, 15) is 0 Å². The van der Waals surface area contributed by atoms with Crippen LogP contribution in [0.5, 0.6) is 5.75 Å². The van der Waals surface area contributed by atoms with Gasteiger partial charge in [-0.3, -0.25) is 0 Å². The SMILES string of the molecule is CCC1(c2ccc(Cl)cc2)C(=NOC)Oc2cc(Cl)ccc21. The van der Waals surface area contributed by atoms with E-state index in [1.54, 1.807) is 6.07 Å². The van der Waals surface area contributed by atoms with Gasteiger partial charge in [0.2, 0.25) is 5.90 Å². The molecule has 3 nitrogen and oxygen atoms in total. The topological polar surface area (TPSA) is 30.8 Å². The van der Waals surface area contributed by atoms with E-state index in [0.717, 1.165) is 17.5 Å². The summed E-state index contributed by atoms with van der Waals surface area (Å²) in [6.45, 7) is 2.09. The van der Waals surface area contributed by atoms with Crippen molar-refractivity contribution in [3.05, 3.63) is 63.6 Å². The van der Waals surface area contributed by atoms with Crippen LogP contribution >= 0.6 is 23.2 Å². The molecular weight excluding hydrogens is 321 g/mol. The molecule has 3 rings (SSSR count). The molecule has 1 unspecified atom stereocenters. The van der Waals surface area contributed by atoms with Gasteiger partial charge < -0.3 is 9.57 Å². The monoisotopic (exact) mass is 335 g/mol. The van der Waals surface area contributed by atoms with E-state index in [0.29, 0.717) is 21.7 Å². The quantitative estimate of drug-likeness (QED) is 0.735. The molecule has 1 aliphatic heterocycles. The van der Waals surface area contributed by atoms with Crippen LogP contribution in [0.2, 0.25) is 10.0 Å². The van der Waals surface area contributed by atoms with Crippen LogP contribution in [0.1, 0.15) is 24.5 Å². The summed E-state index contributed by atoms with van der Waals surface area (Å²) in [6, 6.07) is 13.4. The van der Waals surface area contributed by atoms with Gasteiger partial charge in [0.1, 0.15) is 18.3 Å². The molecule has 0 amide bonds. The molecular formula is C17H15Cl2NO2. The number of oxime groups is 1. The summed E-state index contributed by atoms with van der Waals surface area (Å²) in [5, 5.41) is 5.42. The lowest BCUT2D eigenvalue weighted by Gasteiger charge is -2.27. The van der Waals surface area contributed by atoms with Crippen molar-refractivity contribution in [2.45, 2.75) is 18.8 Å². The van der Waals surface area contributed by atoms with Crippen molar-refractivity contribution in [2.75, 3.05) is 7.11 Å². The largest absolute Gasteiger partial charge is 0.438 e. The molecule has 2 aromatic carbocycles. The van der Waals surface area contributed by atoms with E-state index in [4.69, 9.17) is 32.8 Å². The molecule has 1 atom stereocenters. The number of ether oxygens (including phenoxy) is 1. The van der Waals surface area contributed by atoms with E-state index in [1.807, 2.05) is 36.4 Å². The van der Waals surface area contributed by atoms with Gasteiger partial charge in [-0.1, -0.05) is 53.5 Å². The number of hydrogen-bond acceptors (Lipinski definition) is 3. The molecule has 0 fully saturated rings. The van der Waals surface area contributed by atoms with Crippen molar-refractivity contribution in [3.8, 4) is 5.75 Å². The van der Waals surface area contributed by atoms with Crippen LogP contribution in [0.15, 0.2) is 47.6 Å². The predicted octanol–water partition coefficient (Wildman–Crippen LogP) is 5.04. The van der Waals surface area contributed by atoms with Gasteiger partial charge >= 0.3 is 0 Å². The Hall–Kier alpha value is -1.71. The first-order chi connectivity index (χ1) is 10.6. The zero-order valence-electron chi connectivity index (χ0n) is 12.3. The van der Waals surface area contributed by atoms with E-state index in [1.165, 1.54) is 7.11 Å². The lowest BCUT2D eigenvalue weighted by Crippen LogP contribution is -2.34. The number of hydrogen-bond donors (Lipinski definition) is 0. The Morgan fingerprint density at radius 3 is 2.41 bits per heavy atom. The second kappa shape index (κ2) is 5.82. The standard InChI is InChI=1S/C17H15Cl2NO2/c1-3-17(11-4-6-12(18)7-5-11)14-9-8-13(19)10-15(14)22-16(17)20-21-2/h4-10H,3H2,1-2H3. The number of fused-ring (bicyclic) bond motifs is 1. The number of nitrogens with zero attached hydrogens (tertiary/aromatic N) is 1. The van der Waals surface area contributed by atoms with Gasteiger partial charge in [-0.2, -0.15) is 0 Å².